The number of nitrogens with zero attached hydrogens (tertiary/aromatic N) is 2. The first-order valence-corrected chi connectivity index (χ1v) is 8.01. The Morgan fingerprint density at radius 1 is 1.42 bits per heavy atom. The van der Waals surface area contributed by atoms with Gasteiger partial charge in [0.15, 0.2) is 0 Å². The van der Waals surface area contributed by atoms with Crippen LogP contribution in [0.4, 0.5) is 10.2 Å². The molecule has 126 valence electrons. The van der Waals surface area contributed by atoms with Crippen LogP contribution in [0.5, 0.6) is 0 Å². The maximum atomic E-state index is 13.2. The highest BCUT2D eigenvalue weighted by Gasteiger charge is 2.34. The number of anilines is 1. The molecule has 2 atom stereocenters. The maximum Gasteiger partial charge on any atom is 0.253 e. The van der Waals surface area contributed by atoms with E-state index in [2.05, 4.69) is 15.2 Å². The zero-order chi connectivity index (χ0) is 17.3. The summed E-state index contributed by atoms with van der Waals surface area (Å²) in [4.78, 5) is 18.5. The highest BCUT2D eigenvalue weighted by atomic mass is 35.5. The highest BCUT2D eigenvalue weighted by molar-refractivity contribution is 6.33. The van der Waals surface area contributed by atoms with Gasteiger partial charge in [0.25, 0.3) is 5.91 Å². The summed E-state index contributed by atoms with van der Waals surface area (Å²) in [6, 6.07) is 7.79. The van der Waals surface area contributed by atoms with Crippen molar-refractivity contribution in [3.05, 3.63) is 58.5 Å². The van der Waals surface area contributed by atoms with E-state index in [1.807, 2.05) is 7.05 Å². The Bertz CT molecular complexity index is 753. The van der Waals surface area contributed by atoms with Crippen LogP contribution >= 0.6 is 11.6 Å². The van der Waals surface area contributed by atoms with Gasteiger partial charge in [-0.2, -0.15) is 0 Å². The molecule has 1 amide bonds. The molecule has 1 aromatic carbocycles. The van der Waals surface area contributed by atoms with Gasteiger partial charge in [-0.15, -0.1) is 0 Å². The van der Waals surface area contributed by atoms with Gasteiger partial charge < -0.3 is 11.1 Å². The molecule has 0 spiro atoms. The monoisotopic (exact) mass is 348 g/mol. The molecule has 0 radical (unpaired) electrons. The molecule has 1 saturated heterocycles. The van der Waals surface area contributed by atoms with Crippen LogP contribution in [0.1, 0.15) is 28.4 Å². The molecule has 7 heteroatoms. The molecule has 0 saturated carbocycles. The van der Waals surface area contributed by atoms with Crippen molar-refractivity contribution >= 4 is 23.3 Å². The van der Waals surface area contributed by atoms with Crippen molar-refractivity contribution in [2.75, 3.05) is 19.3 Å². The van der Waals surface area contributed by atoms with E-state index < -0.39 is 0 Å². The number of likely N-dealkylation sites (tertiary alicyclic amines) is 1. The Balaban J connectivity index is 1.78. The summed E-state index contributed by atoms with van der Waals surface area (Å²) in [5, 5.41) is 3.27. The third kappa shape index (κ3) is 3.34. The molecule has 1 aromatic heterocycles. The predicted molar refractivity (Wildman–Crippen MR) is 91.3 cm³/mol. The summed E-state index contributed by atoms with van der Waals surface area (Å²) in [5.41, 5.74) is 6.90. The number of pyridine rings is 1. The van der Waals surface area contributed by atoms with Crippen LogP contribution in [0, 0.1) is 5.82 Å². The molecule has 0 aliphatic carbocycles. The topological polar surface area (TPSA) is 71.2 Å². The highest BCUT2D eigenvalue weighted by Crippen LogP contribution is 2.31. The SMILES string of the molecule is CN1CC[C@H](NC(=O)c2cnc(N)c(Cl)c2)[C@@H]1c1ccc(F)cc1. The van der Waals surface area contributed by atoms with Gasteiger partial charge in [-0.25, -0.2) is 9.37 Å². The molecule has 2 aromatic rings. The van der Waals surface area contributed by atoms with Crippen molar-refractivity contribution in [1.82, 2.24) is 15.2 Å². The number of carbonyl (C=O) groups is 1. The summed E-state index contributed by atoms with van der Waals surface area (Å²) >= 11 is 5.93. The first-order chi connectivity index (χ1) is 11.5. The first kappa shape index (κ1) is 16.7. The number of hydrogen-bond donors (Lipinski definition) is 2. The number of aromatic nitrogens is 1. The van der Waals surface area contributed by atoms with Crippen LogP contribution in [0.15, 0.2) is 36.5 Å². The molecule has 5 nitrogen and oxygen atoms in total. The second kappa shape index (κ2) is 6.75. The fraction of sp³-hybridized carbons (Fsp3) is 0.294. The average Bonchev–Trinajstić information content (AvgIpc) is 2.91. The predicted octanol–water partition coefficient (Wildman–Crippen LogP) is 2.63. The van der Waals surface area contributed by atoms with Crippen molar-refractivity contribution in [2.45, 2.75) is 18.5 Å². The van der Waals surface area contributed by atoms with E-state index >= 15 is 0 Å². The lowest BCUT2D eigenvalue weighted by Gasteiger charge is -2.26. The Kier molecular flexibility index (Phi) is 4.69. The van der Waals surface area contributed by atoms with Gasteiger partial charge >= 0.3 is 0 Å². The standard InChI is InChI=1S/C17H18ClFN4O/c1-23-7-6-14(15(23)10-2-4-12(19)5-3-10)22-17(24)11-8-13(18)16(20)21-9-11/h2-5,8-9,14-15H,6-7H2,1H3,(H2,20,21)(H,22,24)/t14-,15-/m0/s1. The zero-order valence-electron chi connectivity index (χ0n) is 13.2. The molecule has 3 rings (SSSR count). The van der Waals surface area contributed by atoms with Crippen LogP contribution in [0.3, 0.4) is 0 Å². The van der Waals surface area contributed by atoms with Crippen molar-refractivity contribution in [3.8, 4) is 0 Å². The molecule has 1 aliphatic heterocycles. The molecule has 0 unspecified atom stereocenters. The van der Waals surface area contributed by atoms with E-state index in [1.54, 1.807) is 12.1 Å². The molecule has 1 aliphatic rings. The Morgan fingerprint density at radius 2 is 2.12 bits per heavy atom. The minimum atomic E-state index is -0.275. The van der Waals surface area contributed by atoms with Gasteiger partial charge in [0.2, 0.25) is 0 Å². The van der Waals surface area contributed by atoms with Crippen molar-refractivity contribution in [1.29, 1.82) is 0 Å². The molecule has 0 bridgehead atoms. The third-order valence-electron chi connectivity index (χ3n) is 4.31. The van der Waals surface area contributed by atoms with Gasteiger partial charge in [-0.05, 0) is 37.2 Å². The van der Waals surface area contributed by atoms with Gasteiger partial charge in [0, 0.05) is 12.7 Å². The van der Waals surface area contributed by atoms with Crippen LogP contribution < -0.4 is 11.1 Å². The summed E-state index contributed by atoms with van der Waals surface area (Å²) in [6.07, 6.45) is 2.21. The molecule has 1 fully saturated rings. The van der Waals surface area contributed by atoms with Gasteiger partial charge in [-0.1, -0.05) is 23.7 Å². The number of benzene rings is 1. The molecule has 24 heavy (non-hydrogen) atoms. The molecular formula is C17H18ClFN4O. The molecule has 3 N–H and O–H groups in total. The lowest BCUT2D eigenvalue weighted by atomic mass is 10.00. The zero-order valence-corrected chi connectivity index (χ0v) is 13.9. The lowest BCUT2D eigenvalue weighted by Crippen LogP contribution is -2.39. The van der Waals surface area contributed by atoms with Gasteiger partial charge in [-0.3, -0.25) is 9.69 Å². The van der Waals surface area contributed by atoms with E-state index in [-0.39, 0.29) is 34.6 Å². The minimum Gasteiger partial charge on any atom is -0.382 e. The number of rotatable bonds is 3. The average molecular weight is 349 g/mol. The summed E-state index contributed by atoms with van der Waals surface area (Å²) < 4.78 is 13.2. The lowest BCUT2D eigenvalue weighted by molar-refractivity contribution is 0.0927. The van der Waals surface area contributed by atoms with Gasteiger partial charge in [0.1, 0.15) is 11.6 Å². The van der Waals surface area contributed by atoms with E-state index in [0.29, 0.717) is 5.56 Å². The Labute approximate surface area is 144 Å². The van der Waals surface area contributed by atoms with Crippen LogP contribution in [-0.4, -0.2) is 35.4 Å². The smallest absolute Gasteiger partial charge is 0.253 e. The number of nitrogen functional groups attached to an aromatic ring is 1. The quantitative estimate of drug-likeness (QED) is 0.894. The van der Waals surface area contributed by atoms with Crippen LogP contribution in [0.2, 0.25) is 5.02 Å². The number of likely N-dealkylation sites (N-methyl/N-ethyl adjacent to an activating group) is 1. The Morgan fingerprint density at radius 3 is 2.79 bits per heavy atom. The van der Waals surface area contributed by atoms with E-state index in [9.17, 15) is 9.18 Å². The van der Waals surface area contributed by atoms with E-state index in [0.717, 1.165) is 18.5 Å². The van der Waals surface area contributed by atoms with Crippen LogP contribution in [-0.2, 0) is 0 Å². The number of carbonyl (C=O) groups excluding carboxylic acids is 1. The second-order valence-corrected chi connectivity index (χ2v) is 6.34. The summed E-state index contributed by atoms with van der Waals surface area (Å²) in [5.74, 6) is -0.336. The van der Waals surface area contributed by atoms with Crippen molar-refractivity contribution in [3.63, 3.8) is 0 Å². The third-order valence-corrected chi connectivity index (χ3v) is 4.61. The second-order valence-electron chi connectivity index (χ2n) is 5.94. The maximum absolute atomic E-state index is 13.2. The normalized spacial score (nSPS) is 21.0. The summed E-state index contributed by atoms with van der Waals surface area (Å²) in [6.45, 7) is 0.841. The molecule has 2 heterocycles. The number of amides is 1. The van der Waals surface area contributed by atoms with Gasteiger partial charge in [0.05, 0.1) is 22.7 Å². The number of nitrogens with one attached hydrogen (secondary N) is 1. The number of halogens is 2. The van der Waals surface area contributed by atoms with Crippen LogP contribution in [0.25, 0.3) is 0 Å². The summed E-state index contributed by atoms with van der Waals surface area (Å²) in [7, 11) is 1.99. The van der Waals surface area contributed by atoms with E-state index in [4.69, 9.17) is 17.3 Å². The minimum absolute atomic E-state index is 0.00763. The van der Waals surface area contributed by atoms with Crippen molar-refractivity contribution < 1.29 is 9.18 Å². The fourth-order valence-electron chi connectivity index (χ4n) is 3.07. The fourth-order valence-corrected chi connectivity index (χ4v) is 3.24. The molecular weight excluding hydrogens is 331 g/mol. The van der Waals surface area contributed by atoms with E-state index in [1.165, 1.54) is 24.4 Å². The first-order valence-electron chi connectivity index (χ1n) is 7.63. The number of hydrogen-bond acceptors (Lipinski definition) is 4. The number of nitrogens with two attached hydrogens (primary N) is 1. The Hall–Kier alpha value is -2.18. The van der Waals surface area contributed by atoms with Crippen molar-refractivity contribution in [2.24, 2.45) is 0 Å². The largest absolute Gasteiger partial charge is 0.382 e.